The van der Waals surface area contributed by atoms with Crippen LogP contribution in [0.3, 0.4) is 0 Å². The standard InChI is InChI=1S/C10H10ClN5O2/c11-9-2-1-8(16(17)18)10(15-9)13-4-3-7-5-12-6-14-7/h1-2,5-6H,3-4H2,(H,12,14)(H,13,15). The number of nitrogens with one attached hydrogen (secondary N) is 2. The van der Waals surface area contributed by atoms with Gasteiger partial charge in [-0.25, -0.2) is 9.97 Å². The number of nitro groups is 1. The van der Waals surface area contributed by atoms with Crippen LogP contribution in [-0.4, -0.2) is 26.4 Å². The summed E-state index contributed by atoms with van der Waals surface area (Å²) in [6.07, 6.45) is 3.93. The average molecular weight is 268 g/mol. The van der Waals surface area contributed by atoms with Crippen molar-refractivity contribution in [1.82, 2.24) is 15.0 Å². The number of H-pyrrole nitrogens is 1. The predicted molar refractivity (Wildman–Crippen MR) is 66.7 cm³/mol. The van der Waals surface area contributed by atoms with Gasteiger partial charge in [0.15, 0.2) is 0 Å². The predicted octanol–water partition coefficient (Wildman–Crippen LogP) is 2.02. The van der Waals surface area contributed by atoms with Gasteiger partial charge in [0, 0.05) is 30.9 Å². The van der Waals surface area contributed by atoms with Crippen molar-refractivity contribution in [2.24, 2.45) is 0 Å². The van der Waals surface area contributed by atoms with Gasteiger partial charge in [0.05, 0.1) is 11.3 Å². The summed E-state index contributed by atoms with van der Waals surface area (Å²) >= 11 is 5.71. The summed E-state index contributed by atoms with van der Waals surface area (Å²) in [7, 11) is 0. The van der Waals surface area contributed by atoms with Gasteiger partial charge >= 0.3 is 5.69 Å². The van der Waals surface area contributed by atoms with Crippen LogP contribution in [0.1, 0.15) is 5.69 Å². The first-order chi connectivity index (χ1) is 8.66. The number of anilines is 1. The Morgan fingerprint density at radius 2 is 2.33 bits per heavy atom. The Hall–Kier alpha value is -2.15. The van der Waals surface area contributed by atoms with Gasteiger partial charge < -0.3 is 10.3 Å². The van der Waals surface area contributed by atoms with Crippen LogP contribution < -0.4 is 5.32 Å². The number of halogens is 1. The summed E-state index contributed by atoms with van der Waals surface area (Å²) in [5.41, 5.74) is 0.844. The lowest BCUT2D eigenvalue weighted by atomic mass is 10.3. The molecule has 0 aromatic carbocycles. The zero-order chi connectivity index (χ0) is 13.0. The SMILES string of the molecule is O=[N+]([O-])c1ccc(Cl)nc1NCCc1cnc[nH]1. The lowest BCUT2D eigenvalue weighted by Gasteiger charge is -2.05. The van der Waals surface area contributed by atoms with Gasteiger partial charge in [-0.3, -0.25) is 10.1 Å². The Morgan fingerprint density at radius 3 is 3.00 bits per heavy atom. The second-order valence-corrected chi connectivity index (χ2v) is 3.90. The Balaban J connectivity index is 2.03. The number of hydrogen-bond donors (Lipinski definition) is 2. The van der Waals surface area contributed by atoms with Crippen LogP contribution in [0.25, 0.3) is 0 Å². The second kappa shape index (κ2) is 5.46. The highest BCUT2D eigenvalue weighted by molar-refractivity contribution is 6.29. The van der Waals surface area contributed by atoms with Crippen LogP contribution in [0.5, 0.6) is 0 Å². The highest BCUT2D eigenvalue weighted by Gasteiger charge is 2.15. The molecule has 2 aromatic heterocycles. The van der Waals surface area contributed by atoms with Crippen LogP contribution in [0.15, 0.2) is 24.7 Å². The number of hydrogen-bond acceptors (Lipinski definition) is 5. The first-order valence-corrected chi connectivity index (χ1v) is 5.56. The van der Waals surface area contributed by atoms with E-state index in [2.05, 4.69) is 20.3 Å². The molecule has 0 aliphatic carbocycles. The topological polar surface area (TPSA) is 96.7 Å². The molecular formula is C10H10ClN5O2. The van der Waals surface area contributed by atoms with Gasteiger partial charge in [0.2, 0.25) is 5.82 Å². The van der Waals surface area contributed by atoms with Crippen molar-refractivity contribution >= 4 is 23.1 Å². The summed E-state index contributed by atoms with van der Waals surface area (Å²) < 4.78 is 0. The molecule has 0 atom stereocenters. The third-order valence-corrected chi connectivity index (χ3v) is 2.49. The largest absolute Gasteiger partial charge is 0.364 e. The monoisotopic (exact) mass is 267 g/mol. The van der Waals surface area contributed by atoms with Gasteiger partial charge in [-0.2, -0.15) is 0 Å². The van der Waals surface area contributed by atoms with Crippen LogP contribution >= 0.6 is 11.6 Å². The van der Waals surface area contributed by atoms with Crippen molar-refractivity contribution in [1.29, 1.82) is 0 Å². The van der Waals surface area contributed by atoms with E-state index in [-0.39, 0.29) is 16.7 Å². The van der Waals surface area contributed by atoms with E-state index >= 15 is 0 Å². The van der Waals surface area contributed by atoms with Crippen LogP contribution in [0.2, 0.25) is 5.15 Å². The summed E-state index contributed by atoms with van der Waals surface area (Å²) in [4.78, 5) is 21.0. The fraction of sp³-hybridized carbons (Fsp3) is 0.200. The maximum atomic E-state index is 10.8. The maximum Gasteiger partial charge on any atom is 0.311 e. The lowest BCUT2D eigenvalue weighted by Crippen LogP contribution is -2.08. The summed E-state index contributed by atoms with van der Waals surface area (Å²) in [5, 5.41) is 13.9. The molecule has 18 heavy (non-hydrogen) atoms. The Kier molecular flexibility index (Phi) is 3.73. The second-order valence-electron chi connectivity index (χ2n) is 3.51. The number of aromatic amines is 1. The minimum Gasteiger partial charge on any atom is -0.364 e. The van der Waals surface area contributed by atoms with Crippen molar-refractivity contribution in [3.63, 3.8) is 0 Å². The van der Waals surface area contributed by atoms with Crippen molar-refractivity contribution < 1.29 is 4.92 Å². The fourth-order valence-electron chi connectivity index (χ4n) is 1.44. The highest BCUT2D eigenvalue weighted by Crippen LogP contribution is 2.23. The normalized spacial score (nSPS) is 10.3. The molecular weight excluding hydrogens is 258 g/mol. The quantitative estimate of drug-likeness (QED) is 0.491. The molecule has 0 aliphatic heterocycles. The average Bonchev–Trinajstić information content (AvgIpc) is 2.82. The minimum atomic E-state index is -0.498. The van der Waals surface area contributed by atoms with E-state index in [1.807, 2.05) is 0 Å². The first kappa shape index (κ1) is 12.3. The van der Waals surface area contributed by atoms with Crippen LogP contribution in [0, 0.1) is 10.1 Å². The molecule has 2 aromatic rings. The van der Waals surface area contributed by atoms with E-state index in [0.717, 1.165) is 5.69 Å². The van der Waals surface area contributed by atoms with Gasteiger partial charge in [-0.1, -0.05) is 11.6 Å². The molecule has 94 valence electrons. The van der Waals surface area contributed by atoms with E-state index < -0.39 is 4.92 Å². The molecule has 0 saturated carbocycles. The molecule has 2 N–H and O–H groups in total. The van der Waals surface area contributed by atoms with Crippen molar-refractivity contribution in [3.05, 3.63) is 45.6 Å². The summed E-state index contributed by atoms with van der Waals surface area (Å²) in [6, 6.07) is 2.72. The minimum absolute atomic E-state index is 0.0935. The van der Waals surface area contributed by atoms with E-state index in [0.29, 0.717) is 13.0 Å². The van der Waals surface area contributed by atoms with E-state index in [1.54, 1.807) is 12.5 Å². The Bertz CT molecular complexity index is 543. The molecule has 0 fully saturated rings. The molecule has 0 aliphatic rings. The number of nitrogens with zero attached hydrogens (tertiary/aromatic N) is 3. The maximum absolute atomic E-state index is 10.8. The third kappa shape index (κ3) is 2.95. The molecule has 0 spiro atoms. The molecule has 2 heterocycles. The number of imidazole rings is 1. The van der Waals surface area contributed by atoms with Crippen molar-refractivity contribution in [2.45, 2.75) is 6.42 Å². The van der Waals surface area contributed by atoms with Gasteiger partial charge in [-0.15, -0.1) is 0 Å². The van der Waals surface area contributed by atoms with Gasteiger partial charge in [0.25, 0.3) is 0 Å². The zero-order valence-corrected chi connectivity index (χ0v) is 10.0. The molecule has 8 heteroatoms. The molecule has 0 amide bonds. The number of pyridine rings is 1. The smallest absolute Gasteiger partial charge is 0.311 e. The summed E-state index contributed by atoms with van der Waals surface area (Å²) in [6.45, 7) is 0.496. The third-order valence-electron chi connectivity index (χ3n) is 2.28. The van der Waals surface area contributed by atoms with Crippen LogP contribution in [0.4, 0.5) is 11.5 Å². The number of rotatable bonds is 5. The Morgan fingerprint density at radius 1 is 1.50 bits per heavy atom. The van der Waals surface area contributed by atoms with E-state index in [9.17, 15) is 10.1 Å². The molecule has 7 nitrogen and oxygen atoms in total. The summed E-state index contributed by atoms with van der Waals surface area (Å²) in [5.74, 6) is 0.173. The van der Waals surface area contributed by atoms with Crippen molar-refractivity contribution in [2.75, 3.05) is 11.9 Å². The fourth-order valence-corrected chi connectivity index (χ4v) is 1.59. The molecule has 0 unspecified atom stereocenters. The molecule has 0 saturated heterocycles. The number of aromatic nitrogens is 3. The zero-order valence-electron chi connectivity index (χ0n) is 9.26. The van der Waals surface area contributed by atoms with E-state index in [4.69, 9.17) is 11.6 Å². The molecule has 2 rings (SSSR count). The lowest BCUT2D eigenvalue weighted by molar-refractivity contribution is -0.384. The first-order valence-electron chi connectivity index (χ1n) is 5.19. The van der Waals surface area contributed by atoms with E-state index in [1.165, 1.54) is 12.1 Å². The van der Waals surface area contributed by atoms with Crippen molar-refractivity contribution in [3.8, 4) is 0 Å². The molecule has 0 bridgehead atoms. The van der Waals surface area contributed by atoms with Gasteiger partial charge in [0.1, 0.15) is 5.15 Å². The Labute approximate surface area is 107 Å². The van der Waals surface area contributed by atoms with Gasteiger partial charge in [-0.05, 0) is 6.07 Å². The van der Waals surface area contributed by atoms with Crippen LogP contribution in [-0.2, 0) is 6.42 Å². The molecule has 0 radical (unpaired) electrons. The highest BCUT2D eigenvalue weighted by atomic mass is 35.5.